The van der Waals surface area contributed by atoms with Gasteiger partial charge in [-0.05, 0) is 46.7 Å². The van der Waals surface area contributed by atoms with Crippen molar-refractivity contribution in [3.05, 3.63) is 23.3 Å². The van der Waals surface area contributed by atoms with Crippen LogP contribution in [0.25, 0.3) is 0 Å². The van der Waals surface area contributed by atoms with E-state index >= 15 is 0 Å². The van der Waals surface area contributed by atoms with Gasteiger partial charge in [0.1, 0.15) is 0 Å². The third kappa shape index (κ3) is 10.5. The SMILES string of the molecule is CCN(CC)CCOC/C=C(/C)CCC=C(C)C. The summed E-state index contributed by atoms with van der Waals surface area (Å²) in [6.45, 7) is 15.7. The van der Waals surface area contributed by atoms with Crippen molar-refractivity contribution in [2.75, 3.05) is 32.8 Å². The highest BCUT2D eigenvalue weighted by atomic mass is 16.5. The second-order valence-corrected chi connectivity index (χ2v) is 4.97. The van der Waals surface area contributed by atoms with Crippen LogP contribution < -0.4 is 0 Å². The van der Waals surface area contributed by atoms with Crippen LogP contribution in [0, 0.1) is 0 Å². The summed E-state index contributed by atoms with van der Waals surface area (Å²) in [7, 11) is 0. The normalized spacial score (nSPS) is 12.0. The first-order valence-electron chi connectivity index (χ1n) is 7.19. The zero-order valence-electron chi connectivity index (χ0n) is 13.0. The van der Waals surface area contributed by atoms with Gasteiger partial charge in [0, 0.05) is 6.54 Å². The fraction of sp³-hybridized carbons (Fsp3) is 0.750. The number of ether oxygens (including phenoxy) is 1. The van der Waals surface area contributed by atoms with E-state index in [1.54, 1.807) is 0 Å². The zero-order chi connectivity index (χ0) is 13.8. The van der Waals surface area contributed by atoms with E-state index in [0.29, 0.717) is 0 Å². The van der Waals surface area contributed by atoms with E-state index in [4.69, 9.17) is 4.74 Å². The lowest BCUT2D eigenvalue weighted by Crippen LogP contribution is -2.27. The van der Waals surface area contributed by atoms with Crippen molar-refractivity contribution < 1.29 is 4.74 Å². The fourth-order valence-electron chi connectivity index (χ4n) is 1.71. The van der Waals surface area contributed by atoms with Gasteiger partial charge in [-0.2, -0.15) is 0 Å². The topological polar surface area (TPSA) is 12.5 Å². The highest BCUT2D eigenvalue weighted by Gasteiger charge is 1.97. The predicted octanol–water partition coefficient (Wildman–Crippen LogP) is 4.04. The van der Waals surface area contributed by atoms with E-state index in [9.17, 15) is 0 Å². The smallest absolute Gasteiger partial charge is 0.0650 e. The molecule has 0 saturated heterocycles. The second-order valence-electron chi connectivity index (χ2n) is 4.97. The van der Waals surface area contributed by atoms with E-state index in [-0.39, 0.29) is 0 Å². The Labute approximate surface area is 114 Å². The Morgan fingerprint density at radius 2 is 1.72 bits per heavy atom. The van der Waals surface area contributed by atoms with E-state index in [1.807, 2.05) is 0 Å². The van der Waals surface area contributed by atoms with Gasteiger partial charge >= 0.3 is 0 Å². The van der Waals surface area contributed by atoms with Crippen molar-refractivity contribution in [1.29, 1.82) is 0 Å². The van der Waals surface area contributed by atoms with E-state index in [1.165, 1.54) is 11.1 Å². The average molecular weight is 253 g/mol. The first-order chi connectivity index (χ1) is 8.60. The second kappa shape index (κ2) is 11.5. The Morgan fingerprint density at radius 1 is 1.06 bits per heavy atom. The lowest BCUT2D eigenvalue weighted by molar-refractivity contribution is 0.128. The van der Waals surface area contributed by atoms with E-state index in [0.717, 1.165) is 45.7 Å². The van der Waals surface area contributed by atoms with Gasteiger partial charge in [-0.25, -0.2) is 0 Å². The number of rotatable bonds is 10. The van der Waals surface area contributed by atoms with Gasteiger partial charge < -0.3 is 9.64 Å². The number of nitrogens with zero attached hydrogens (tertiary/aromatic N) is 1. The summed E-state index contributed by atoms with van der Waals surface area (Å²) in [6.07, 6.45) is 6.79. The fourth-order valence-corrected chi connectivity index (χ4v) is 1.71. The molecule has 0 aromatic rings. The molecule has 18 heavy (non-hydrogen) atoms. The zero-order valence-corrected chi connectivity index (χ0v) is 13.0. The van der Waals surface area contributed by atoms with Gasteiger partial charge in [-0.1, -0.05) is 37.1 Å². The molecule has 0 aliphatic heterocycles. The van der Waals surface area contributed by atoms with Crippen molar-refractivity contribution in [1.82, 2.24) is 4.90 Å². The molecule has 2 nitrogen and oxygen atoms in total. The van der Waals surface area contributed by atoms with Gasteiger partial charge in [0.05, 0.1) is 13.2 Å². The highest BCUT2D eigenvalue weighted by Crippen LogP contribution is 2.06. The molecule has 0 atom stereocenters. The molecule has 0 bridgehead atoms. The molecule has 106 valence electrons. The molecule has 0 aromatic carbocycles. The van der Waals surface area contributed by atoms with Crippen LogP contribution >= 0.6 is 0 Å². The van der Waals surface area contributed by atoms with Crippen LogP contribution in [0.15, 0.2) is 23.3 Å². The van der Waals surface area contributed by atoms with Gasteiger partial charge in [0.2, 0.25) is 0 Å². The first kappa shape index (κ1) is 17.4. The summed E-state index contributed by atoms with van der Waals surface area (Å²) < 4.78 is 5.63. The van der Waals surface area contributed by atoms with E-state index < -0.39 is 0 Å². The van der Waals surface area contributed by atoms with Crippen LogP contribution in [-0.4, -0.2) is 37.7 Å². The molecule has 0 heterocycles. The number of likely N-dealkylation sites (N-methyl/N-ethyl adjacent to an activating group) is 1. The minimum Gasteiger partial charge on any atom is -0.376 e. The molecule has 2 heteroatoms. The van der Waals surface area contributed by atoms with Crippen LogP contribution in [0.3, 0.4) is 0 Å². The third-order valence-electron chi connectivity index (χ3n) is 3.09. The standard InChI is InChI=1S/C16H31NO/c1-6-17(7-2)12-14-18-13-11-16(5)10-8-9-15(3)4/h9,11H,6-8,10,12-14H2,1-5H3/b16-11-. The highest BCUT2D eigenvalue weighted by molar-refractivity contribution is 5.02. The maximum atomic E-state index is 5.63. The Kier molecular flexibility index (Phi) is 11.1. The van der Waals surface area contributed by atoms with Crippen LogP contribution in [-0.2, 0) is 4.74 Å². The first-order valence-corrected chi connectivity index (χ1v) is 7.19. The van der Waals surface area contributed by atoms with Gasteiger partial charge in [0.15, 0.2) is 0 Å². The van der Waals surface area contributed by atoms with Gasteiger partial charge in [-0.3, -0.25) is 0 Å². The molecular weight excluding hydrogens is 222 g/mol. The summed E-state index contributed by atoms with van der Waals surface area (Å²) in [4.78, 5) is 2.38. The summed E-state index contributed by atoms with van der Waals surface area (Å²) >= 11 is 0. The minimum atomic E-state index is 0.752. The maximum absolute atomic E-state index is 5.63. The molecule has 0 unspecified atom stereocenters. The average Bonchev–Trinajstić information content (AvgIpc) is 2.33. The molecule has 0 amide bonds. The molecule has 0 aliphatic rings. The molecule has 0 radical (unpaired) electrons. The van der Waals surface area contributed by atoms with Gasteiger partial charge in [-0.15, -0.1) is 0 Å². The third-order valence-corrected chi connectivity index (χ3v) is 3.09. The maximum Gasteiger partial charge on any atom is 0.0650 e. The lowest BCUT2D eigenvalue weighted by Gasteiger charge is -2.17. The lowest BCUT2D eigenvalue weighted by atomic mass is 10.1. The number of allylic oxidation sites excluding steroid dienone is 3. The molecular formula is C16H31NO. The van der Waals surface area contributed by atoms with Crippen molar-refractivity contribution in [3.63, 3.8) is 0 Å². The molecule has 0 saturated carbocycles. The molecule has 0 spiro atoms. The van der Waals surface area contributed by atoms with Crippen LogP contribution in [0.2, 0.25) is 0 Å². The van der Waals surface area contributed by atoms with Crippen molar-refractivity contribution >= 4 is 0 Å². The summed E-state index contributed by atoms with van der Waals surface area (Å²) in [5.74, 6) is 0. The van der Waals surface area contributed by atoms with Crippen LogP contribution in [0.5, 0.6) is 0 Å². The Hall–Kier alpha value is -0.600. The van der Waals surface area contributed by atoms with Crippen LogP contribution in [0.1, 0.15) is 47.5 Å². The Morgan fingerprint density at radius 3 is 2.28 bits per heavy atom. The molecule has 0 fully saturated rings. The number of hydrogen-bond donors (Lipinski definition) is 0. The summed E-state index contributed by atoms with van der Waals surface area (Å²) in [6, 6.07) is 0. The Balaban J connectivity index is 3.59. The van der Waals surface area contributed by atoms with Crippen molar-refractivity contribution in [2.24, 2.45) is 0 Å². The monoisotopic (exact) mass is 253 g/mol. The minimum absolute atomic E-state index is 0.752. The molecule has 0 rings (SSSR count). The summed E-state index contributed by atoms with van der Waals surface area (Å²) in [5, 5.41) is 0. The molecule has 0 aromatic heterocycles. The van der Waals surface area contributed by atoms with Gasteiger partial charge in [0.25, 0.3) is 0 Å². The predicted molar refractivity (Wildman–Crippen MR) is 81.0 cm³/mol. The van der Waals surface area contributed by atoms with Crippen molar-refractivity contribution in [2.45, 2.75) is 47.5 Å². The van der Waals surface area contributed by atoms with Crippen LogP contribution in [0.4, 0.5) is 0 Å². The largest absolute Gasteiger partial charge is 0.376 e. The van der Waals surface area contributed by atoms with E-state index in [2.05, 4.69) is 51.7 Å². The molecule has 0 N–H and O–H groups in total. The number of hydrogen-bond acceptors (Lipinski definition) is 2. The van der Waals surface area contributed by atoms with Crippen molar-refractivity contribution in [3.8, 4) is 0 Å². The Bertz CT molecular complexity index is 248. The summed E-state index contributed by atoms with van der Waals surface area (Å²) in [5.41, 5.74) is 2.83. The quantitative estimate of drug-likeness (QED) is 0.430. The molecule has 0 aliphatic carbocycles.